The molecule has 38 heavy (non-hydrogen) atoms. The minimum Gasteiger partial charge on any atom is -0.462 e. The van der Waals surface area contributed by atoms with E-state index in [1.807, 2.05) is 0 Å². The van der Waals surface area contributed by atoms with Gasteiger partial charge in [-0.2, -0.15) is 0 Å². The highest BCUT2D eigenvalue weighted by atomic mass is 31.2. The number of hydrogen-bond acceptors (Lipinski definition) is 10. The standard InChI is InChI=1S/C24H40N7O6P/c1-15(2)36-23(33)24(5,6)30-38(34,29-17(4)22(32)37-18-9-7-8-10-18)14-35-16(3)11-31-13-28-19-20(25)26-12-27-21(19)31/h12-13,15-18H,7-11,14H2,1-6H3,(H2,25,26,27)(H2,29,30,34)/t16-,17-,38-/m1/s1. The first-order chi connectivity index (χ1) is 17.8. The summed E-state index contributed by atoms with van der Waals surface area (Å²) in [6.45, 7) is 10.3. The van der Waals surface area contributed by atoms with E-state index in [-0.39, 0.29) is 24.4 Å². The fraction of sp³-hybridized carbons (Fsp3) is 0.708. The summed E-state index contributed by atoms with van der Waals surface area (Å²) >= 11 is 0. The second-order valence-electron chi connectivity index (χ2n) is 10.6. The van der Waals surface area contributed by atoms with Crippen LogP contribution in [-0.4, -0.2) is 67.7 Å². The number of ether oxygens (including phenoxy) is 3. The molecule has 1 saturated carbocycles. The van der Waals surface area contributed by atoms with Crippen LogP contribution in [0.5, 0.6) is 0 Å². The van der Waals surface area contributed by atoms with Crippen LogP contribution in [0, 0.1) is 0 Å². The first kappa shape index (κ1) is 29.9. The number of fused-ring (bicyclic) bond motifs is 1. The number of hydrogen-bond donors (Lipinski definition) is 3. The molecule has 0 radical (unpaired) electrons. The van der Waals surface area contributed by atoms with Gasteiger partial charge in [0.15, 0.2) is 11.5 Å². The van der Waals surface area contributed by atoms with E-state index < -0.39 is 37.1 Å². The van der Waals surface area contributed by atoms with Gasteiger partial charge in [-0.25, -0.2) is 25.1 Å². The first-order valence-corrected chi connectivity index (χ1v) is 14.8. The summed E-state index contributed by atoms with van der Waals surface area (Å²) in [7, 11) is -3.69. The largest absolute Gasteiger partial charge is 0.462 e. The van der Waals surface area contributed by atoms with Gasteiger partial charge in [-0.3, -0.25) is 14.2 Å². The van der Waals surface area contributed by atoms with Crippen molar-refractivity contribution in [3.05, 3.63) is 12.7 Å². The fourth-order valence-corrected chi connectivity index (χ4v) is 6.59. The van der Waals surface area contributed by atoms with Crippen LogP contribution in [-0.2, 0) is 34.9 Å². The second kappa shape index (κ2) is 12.5. The van der Waals surface area contributed by atoms with Crippen LogP contribution in [0.25, 0.3) is 11.2 Å². The Morgan fingerprint density at radius 2 is 1.87 bits per heavy atom. The lowest BCUT2D eigenvalue weighted by Crippen LogP contribution is -2.51. The molecule has 0 bridgehead atoms. The minimum absolute atomic E-state index is 0.129. The quantitative estimate of drug-likeness (QED) is 0.245. The Hall–Kier alpha value is -2.60. The van der Waals surface area contributed by atoms with Crippen LogP contribution in [0.2, 0.25) is 0 Å². The van der Waals surface area contributed by atoms with E-state index in [0.29, 0.717) is 17.7 Å². The Labute approximate surface area is 223 Å². The topological polar surface area (TPSA) is 173 Å². The van der Waals surface area contributed by atoms with Gasteiger partial charge in [-0.15, -0.1) is 0 Å². The molecule has 0 unspecified atom stereocenters. The first-order valence-electron chi connectivity index (χ1n) is 12.9. The van der Waals surface area contributed by atoms with E-state index in [2.05, 4.69) is 25.1 Å². The van der Waals surface area contributed by atoms with Crippen molar-refractivity contribution in [1.82, 2.24) is 29.7 Å². The maximum atomic E-state index is 14.1. The third-order valence-corrected chi connectivity index (χ3v) is 8.32. The molecule has 0 aromatic carbocycles. The molecule has 2 heterocycles. The minimum atomic E-state index is -3.69. The van der Waals surface area contributed by atoms with Gasteiger partial charge >= 0.3 is 11.9 Å². The highest BCUT2D eigenvalue weighted by Crippen LogP contribution is 2.40. The van der Waals surface area contributed by atoms with Gasteiger partial charge in [0, 0.05) is 0 Å². The summed E-state index contributed by atoms with van der Waals surface area (Å²) < 4.78 is 32.8. The number of nitrogens with two attached hydrogens (primary N) is 1. The molecule has 0 spiro atoms. The Balaban J connectivity index is 1.71. The summed E-state index contributed by atoms with van der Waals surface area (Å²) in [6.07, 6.45) is 5.39. The van der Waals surface area contributed by atoms with Crippen LogP contribution in [0.3, 0.4) is 0 Å². The van der Waals surface area contributed by atoms with Crippen molar-refractivity contribution in [3.8, 4) is 0 Å². The van der Waals surface area contributed by atoms with Crippen LogP contribution in [0.15, 0.2) is 12.7 Å². The van der Waals surface area contributed by atoms with Crippen molar-refractivity contribution in [1.29, 1.82) is 0 Å². The highest BCUT2D eigenvalue weighted by molar-refractivity contribution is 7.59. The molecular formula is C24H40N7O6P. The monoisotopic (exact) mass is 553 g/mol. The summed E-state index contributed by atoms with van der Waals surface area (Å²) in [5, 5.41) is 5.75. The van der Waals surface area contributed by atoms with Gasteiger partial charge < -0.3 is 24.5 Å². The van der Waals surface area contributed by atoms with Gasteiger partial charge in [0.2, 0.25) is 7.44 Å². The molecule has 4 N–H and O–H groups in total. The molecule has 2 aromatic rings. The van der Waals surface area contributed by atoms with E-state index in [4.69, 9.17) is 19.9 Å². The van der Waals surface area contributed by atoms with E-state index in [0.717, 1.165) is 25.7 Å². The Kier molecular flexibility index (Phi) is 9.85. The number of carbonyl (C=O) groups excluding carboxylic acids is 2. The molecule has 3 rings (SSSR count). The van der Waals surface area contributed by atoms with Crippen molar-refractivity contribution < 1.29 is 28.4 Å². The number of esters is 2. The van der Waals surface area contributed by atoms with E-state index in [1.54, 1.807) is 52.4 Å². The highest BCUT2D eigenvalue weighted by Gasteiger charge is 2.40. The lowest BCUT2D eigenvalue weighted by atomic mass is 10.1. The van der Waals surface area contributed by atoms with Crippen LogP contribution in [0.4, 0.5) is 5.82 Å². The van der Waals surface area contributed by atoms with Crippen molar-refractivity contribution in [3.63, 3.8) is 0 Å². The van der Waals surface area contributed by atoms with Gasteiger partial charge in [0.25, 0.3) is 0 Å². The fourth-order valence-electron chi connectivity index (χ4n) is 4.19. The molecule has 13 nitrogen and oxygen atoms in total. The Morgan fingerprint density at radius 1 is 1.18 bits per heavy atom. The zero-order chi connectivity index (χ0) is 28.1. The van der Waals surface area contributed by atoms with Crippen LogP contribution in [0.1, 0.15) is 67.2 Å². The average Bonchev–Trinajstić information content (AvgIpc) is 3.48. The molecule has 212 valence electrons. The smallest absolute Gasteiger partial charge is 0.326 e. The zero-order valence-electron chi connectivity index (χ0n) is 23.0. The van der Waals surface area contributed by atoms with Crippen LogP contribution < -0.4 is 15.9 Å². The van der Waals surface area contributed by atoms with Gasteiger partial charge in [-0.05, 0) is 67.2 Å². The van der Waals surface area contributed by atoms with Crippen molar-refractivity contribution in [2.75, 3.05) is 12.1 Å². The third kappa shape index (κ3) is 7.95. The lowest BCUT2D eigenvalue weighted by Gasteiger charge is -2.33. The van der Waals surface area contributed by atoms with Gasteiger partial charge in [0.05, 0.1) is 25.1 Å². The molecule has 2 aromatic heterocycles. The van der Waals surface area contributed by atoms with Gasteiger partial charge in [-0.1, -0.05) is 0 Å². The molecule has 3 atom stereocenters. The average molecular weight is 554 g/mol. The SMILES string of the molecule is CC(C)OC(=O)C(C)(C)N[P@@](=O)(CO[C@H](C)Cn1cnc2c(N)ncnc21)N[C@H](C)C(=O)OC1CCCC1. The number of nitrogens with zero attached hydrogens (tertiary/aromatic N) is 4. The number of nitrogens with one attached hydrogen (secondary N) is 2. The van der Waals surface area contributed by atoms with E-state index in [1.165, 1.54) is 6.33 Å². The lowest BCUT2D eigenvalue weighted by molar-refractivity contribution is -0.153. The summed E-state index contributed by atoms with van der Waals surface area (Å²) in [5.74, 6) is -0.808. The Bertz CT molecular complexity index is 1160. The normalized spacial score (nSPS) is 17.9. The number of imidazole rings is 1. The third-order valence-electron chi connectivity index (χ3n) is 6.08. The molecule has 1 aliphatic rings. The number of carbonyl (C=O) groups is 2. The van der Waals surface area contributed by atoms with Crippen molar-refractivity contribution >= 4 is 36.4 Å². The molecule has 0 saturated heterocycles. The van der Waals surface area contributed by atoms with E-state index in [9.17, 15) is 14.2 Å². The molecular weight excluding hydrogens is 513 g/mol. The maximum Gasteiger partial charge on any atom is 0.326 e. The molecule has 1 aliphatic carbocycles. The predicted octanol–water partition coefficient (Wildman–Crippen LogP) is 2.75. The van der Waals surface area contributed by atoms with Crippen LogP contribution >= 0.6 is 7.44 Å². The summed E-state index contributed by atoms with van der Waals surface area (Å²) in [6, 6.07) is -0.901. The number of aromatic nitrogens is 4. The van der Waals surface area contributed by atoms with E-state index >= 15 is 0 Å². The molecule has 14 heteroatoms. The summed E-state index contributed by atoms with van der Waals surface area (Å²) in [5.41, 5.74) is 5.56. The maximum absolute atomic E-state index is 14.1. The predicted molar refractivity (Wildman–Crippen MR) is 142 cm³/mol. The van der Waals surface area contributed by atoms with Crippen molar-refractivity contribution in [2.24, 2.45) is 0 Å². The summed E-state index contributed by atoms with van der Waals surface area (Å²) in [4.78, 5) is 37.8. The Morgan fingerprint density at radius 3 is 2.53 bits per heavy atom. The molecule has 0 amide bonds. The number of anilines is 1. The zero-order valence-corrected chi connectivity index (χ0v) is 23.9. The van der Waals surface area contributed by atoms with Crippen molar-refractivity contribution in [2.45, 2.75) is 104 Å². The van der Waals surface area contributed by atoms with Gasteiger partial charge in [0.1, 0.15) is 35.9 Å². The number of nitrogen functional groups attached to an aromatic ring is 1. The number of rotatable bonds is 13. The second-order valence-corrected chi connectivity index (χ2v) is 12.8. The molecule has 0 aliphatic heterocycles. The molecule has 1 fully saturated rings.